The van der Waals surface area contributed by atoms with Crippen molar-refractivity contribution in [3.63, 3.8) is 0 Å². The van der Waals surface area contributed by atoms with Crippen molar-refractivity contribution in [1.29, 1.82) is 5.26 Å². The van der Waals surface area contributed by atoms with Gasteiger partial charge in [0.1, 0.15) is 0 Å². The third-order valence-corrected chi connectivity index (χ3v) is 4.24. The first-order valence-corrected chi connectivity index (χ1v) is 6.92. The van der Waals surface area contributed by atoms with Gasteiger partial charge < -0.3 is 5.11 Å². The summed E-state index contributed by atoms with van der Waals surface area (Å²) in [5.41, 5.74) is -0.385. The second-order valence-corrected chi connectivity index (χ2v) is 6.90. The molecule has 2 nitrogen and oxygen atoms in total. The molecule has 0 saturated heterocycles. The van der Waals surface area contributed by atoms with Crippen LogP contribution in [0, 0.1) is 28.1 Å². The van der Waals surface area contributed by atoms with E-state index in [1.165, 1.54) is 6.42 Å². The Morgan fingerprint density at radius 3 is 2.24 bits per heavy atom. The third-order valence-electron chi connectivity index (χ3n) is 4.24. The molecule has 1 aliphatic carbocycles. The molecule has 1 atom stereocenters. The molecule has 2 heteroatoms. The average Bonchev–Trinajstić information content (AvgIpc) is 2.27. The lowest BCUT2D eigenvalue weighted by atomic mass is 9.65. The van der Waals surface area contributed by atoms with Crippen LogP contribution in [-0.4, -0.2) is 11.2 Å². The first kappa shape index (κ1) is 14.5. The largest absolute Gasteiger partial charge is 0.391 e. The summed E-state index contributed by atoms with van der Waals surface area (Å²) in [6.07, 6.45) is 5.41. The SMILES string of the molecule is CCC1CCC(C#N)(C(O)CC(C)(C)C)CC1. The maximum atomic E-state index is 10.4. The zero-order valence-electron chi connectivity index (χ0n) is 11.8. The number of rotatable bonds is 3. The minimum Gasteiger partial charge on any atom is -0.391 e. The molecule has 0 spiro atoms. The predicted molar refractivity (Wildman–Crippen MR) is 70.4 cm³/mol. The Kier molecular flexibility index (Phi) is 4.61. The number of nitrogens with zero attached hydrogens (tertiary/aromatic N) is 1. The van der Waals surface area contributed by atoms with Crippen molar-refractivity contribution in [2.24, 2.45) is 16.7 Å². The van der Waals surface area contributed by atoms with Crippen LogP contribution < -0.4 is 0 Å². The van der Waals surface area contributed by atoms with Crippen molar-refractivity contribution in [2.45, 2.75) is 72.3 Å². The number of hydrogen-bond donors (Lipinski definition) is 1. The van der Waals surface area contributed by atoms with E-state index in [2.05, 4.69) is 33.8 Å². The Morgan fingerprint density at radius 1 is 1.35 bits per heavy atom. The van der Waals surface area contributed by atoms with Gasteiger partial charge in [-0.2, -0.15) is 5.26 Å². The second-order valence-electron chi connectivity index (χ2n) is 6.90. The Bertz CT molecular complexity index is 276. The molecular weight excluding hydrogens is 210 g/mol. The predicted octanol–water partition coefficient (Wildman–Crippen LogP) is 3.89. The lowest BCUT2D eigenvalue weighted by molar-refractivity contribution is -0.000648. The number of aliphatic hydroxyl groups excluding tert-OH is 1. The summed E-state index contributed by atoms with van der Waals surface area (Å²) < 4.78 is 0. The summed E-state index contributed by atoms with van der Waals surface area (Å²) in [7, 11) is 0. The topological polar surface area (TPSA) is 44.0 Å². The Balaban J connectivity index is 2.68. The van der Waals surface area contributed by atoms with Gasteiger partial charge in [-0.05, 0) is 43.4 Å². The Labute approximate surface area is 106 Å². The lowest BCUT2D eigenvalue weighted by Crippen LogP contribution is -2.39. The number of hydrogen-bond acceptors (Lipinski definition) is 2. The zero-order valence-corrected chi connectivity index (χ0v) is 11.8. The third kappa shape index (κ3) is 3.71. The van der Waals surface area contributed by atoms with Crippen LogP contribution in [0.15, 0.2) is 0 Å². The molecule has 1 rings (SSSR count). The highest BCUT2D eigenvalue weighted by atomic mass is 16.3. The summed E-state index contributed by atoms with van der Waals surface area (Å²) in [5, 5.41) is 19.9. The fourth-order valence-electron chi connectivity index (χ4n) is 2.90. The van der Waals surface area contributed by atoms with Crippen molar-refractivity contribution in [3.8, 4) is 6.07 Å². The van der Waals surface area contributed by atoms with E-state index < -0.39 is 11.5 Å². The van der Waals surface area contributed by atoms with Crippen LogP contribution in [0.1, 0.15) is 66.2 Å². The maximum absolute atomic E-state index is 10.4. The molecule has 0 aromatic heterocycles. The molecule has 0 aromatic carbocycles. The van der Waals surface area contributed by atoms with Gasteiger partial charge in [0.2, 0.25) is 0 Å². The lowest BCUT2D eigenvalue weighted by Gasteiger charge is -2.40. The smallest absolute Gasteiger partial charge is 0.0832 e. The monoisotopic (exact) mass is 237 g/mol. The molecular formula is C15H27NO. The summed E-state index contributed by atoms with van der Waals surface area (Å²) in [5.74, 6) is 0.762. The van der Waals surface area contributed by atoms with Crippen LogP contribution in [-0.2, 0) is 0 Å². The maximum Gasteiger partial charge on any atom is 0.0832 e. The van der Waals surface area contributed by atoms with Crippen LogP contribution in [0.4, 0.5) is 0 Å². The number of nitriles is 1. The molecule has 0 heterocycles. The standard InChI is InChI=1S/C15H27NO/c1-5-12-6-8-15(11-16,9-7-12)13(17)10-14(2,3)4/h12-13,17H,5-10H2,1-4H3. The molecule has 98 valence electrons. The Morgan fingerprint density at radius 2 is 1.88 bits per heavy atom. The summed E-state index contributed by atoms with van der Waals surface area (Å²) in [4.78, 5) is 0. The minimum atomic E-state index is -0.473. The van der Waals surface area contributed by atoms with E-state index in [-0.39, 0.29) is 5.41 Å². The molecule has 0 bridgehead atoms. The first-order valence-electron chi connectivity index (χ1n) is 6.92. The minimum absolute atomic E-state index is 0.0882. The van der Waals surface area contributed by atoms with Gasteiger partial charge in [0.15, 0.2) is 0 Å². The molecule has 0 aliphatic heterocycles. The van der Waals surface area contributed by atoms with Gasteiger partial charge in [0.25, 0.3) is 0 Å². The molecule has 1 unspecified atom stereocenters. The van der Waals surface area contributed by atoms with Gasteiger partial charge >= 0.3 is 0 Å². The van der Waals surface area contributed by atoms with E-state index in [1.807, 2.05) is 0 Å². The summed E-state index contributed by atoms with van der Waals surface area (Å²) in [6.45, 7) is 8.59. The van der Waals surface area contributed by atoms with Crippen LogP contribution in [0.3, 0.4) is 0 Å². The van der Waals surface area contributed by atoms with Crippen molar-refractivity contribution >= 4 is 0 Å². The van der Waals surface area contributed by atoms with Crippen molar-refractivity contribution in [1.82, 2.24) is 0 Å². The molecule has 0 aromatic rings. The quantitative estimate of drug-likeness (QED) is 0.809. The van der Waals surface area contributed by atoms with E-state index >= 15 is 0 Å². The average molecular weight is 237 g/mol. The first-order chi connectivity index (χ1) is 7.83. The number of aliphatic hydroxyl groups is 1. The molecule has 0 radical (unpaired) electrons. The van der Waals surface area contributed by atoms with Crippen LogP contribution >= 0.6 is 0 Å². The molecule has 1 N–H and O–H groups in total. The van der Waals surface area contributed by atoms with Crippen LogP contribution in [0.25, 0.3) is 0 Å². The fraction of sp³-hybridized carbons (Fsp3) is 0.933. The van der Waals surface area contributed by atoms with Gasteiger partial charge in [-0.25, -0.2) is 0 Å². The van der Waals surface area contributed by atoms with E-state index in [4.69, 9.17) is 0 Å². The normalized spacial score (nSPS) is 31.9. The van der Waals surface area contributed by atoms with E-state index in [0.29, 0.717) is 0 Å². The van der Waals surface area contributed by atoms with E-state index in [9.17, 15) is 10.4 Å². The Hall–Kier alpha value is -0.550. The van der Waals surface area contributed by atoms with Gasteiger partial charge in [-0.15, -0.1) is 0 Å². The highest BCUT2D eigenvalue weighted by molar-refractivity contribution is 5.06. The van der Waals surface area contributed by atoms with E-state index in [0.717, 1.165) is 38.0 Å². The van der Waals surface area contributed by atoms with Crippen LogP contribution in [0.2, 0.25) is 0 Å². The molecule has 1 aliphatic rings. The van der Waals surface area contributed by atoms with E-state index in [1.54, 1.807) is 0 Å². The highest BCUT2D eigenvalue weighted by Gasteiger charge is 2.42. The molecule has 0 amide bonds. The second kappa shape index (κ2) is 5.40. The van der Waals surface area contributed by atoms with Gasteiger partial charge in [0.05, 0.1) is 17.6 Å². The van der Waals surface area contributed by atoms with Gasteiger partial charge in [-0.3, -0.25) is 0 Å². The zero-order chi connectivity index (χ0) is 13.1. The molecule has 1 fully saturated rings. The van der Waals surface area contributed by atoms with Crippen molar-refractivity contribution in [3.05, 3.63) is 0 Å². The molecule has 1 saturated carbocycles. The fourth-order valence-corrected chi connectivity index (χ4v) is 2.90. The summed E-state index contributed by atoms with van der Waals surface area (Å²) in [6, 6.07) is 2.43. The summed E-state index contributed by atoms with van der Waals surface area (Å²) >= 11 is 0. The highest BCUT2D eigenvalue weighted by Crippen LogP contribution is 2.44. The van der Waals surface area contributed by atoms with Crippen molar-refractivity contribution < 1.29 is 5.11 Å². The van der Waals surface area contributed by atoms with Gasteiger partial charge in [-0.1, -0.05) is 34.1 Å². The van der Waals surface area contributed by atoms with Crippen molar-refractivity contribution in [2.75, 3.05) is 0 Å². The van der Waals surface area contributed by atoms with Gasteiger partial charge in [0, 0.05) is 0 Å². The molecule has 17 heavy (non-hydrogen) atoms. The van der Waals surface area contributed by atoms with Crippen LogP contribution in [0.5, 0.6) is 0 Å².